The number of nitro benzene ring substituents is 1. The van der Waals surface area contributed by atoms with Gasteiger partial charge >= 0.3 is 5.97 Å². The van der Waals surface area contributed by atoms with Crippen molar-refractivity contribution >= 4 is 11.7 Å². The summed E-state index contributed by atoms with van der Waals surface area (Å²) in [4.78, 5) is 22.0. The molecule has 0 saturated carbocycles. The molecule has 1 aromatic carbocycles. The number of hydrogen-bond acceptors (Lipinski definition) is 6. The molecule has 2 aromatic rings. The highest BCUT2D eigenvalue weighted by molar-refractivity contribution is 5.72. The predicted octanol–water partition coefficient (Wildman–Crippen LogP) is 2.67. The number of carbonyl (C=O) groups excluding carboxylic acids is 1. The van der Waals surface area contributed by atoms with Crippen LogP contribution in [0.4, 0.5) is 5.69 Å². The van der Waals surface area contributed by atoms with Crippen molar-refractivity contribution in [1.82, 2.24) is 9.78 Å². The van der Waals surface area contributed by atoms with E-state index in [0.29, 0.717) is 11.1 Å². The van der Waals surface area contributed by atoms with Crippen LogP contribution < -0.4 is 0 Å². The van der Waals surface area contributed by atoms with Gasteiger partial charge < -0.3 is 4.74 Å². The third-order valence-corrected chi connectivity index (χ3v) is 2.99. The molecule has 0 unspecified atom stereocenters. The lowest BCUT2D eigenvalue weighted by atomic mass is 10.0. The molecule has 0 amide bonds. The molecule has 2 rings (SSSR count). The van der Waals surface area contributed by atoms with E-state index in [2.05, 4.69) is 5.10 Å². The fraction of sp³-hybridized carbons (Fsp3) is 0.312. The van der Waals surface area contributed by atoms with E-state index in [9.17, 15) is 20.2 Å². The van der Waals surface area contributed by atoms with Crippen molar-refractivity contribution in [3.63, 3.8) is 0 Å². The number of benzene rings is 1. The Labute approximate surface area is 138 Å². The van der Waals surface area contributed by atoms with Gasteiger partial charge in [0.25, 0.3) is 5.69 Å². The molecular weight excluding hydrogens is 312 g/mol. The van der Waals surface area contributed by atoms with Crippen LogP contribution in [0, 0.1) is 21.4 Å². The maximum absolute atomic E-state index is 11.8. The molecule has 0 bridgehead atoms. The summed E-state index contributed by atoms with van der Waals surface area (Å²) in [7, 11) is 0. The van der Waals surface area contributed by atoms with Crippen LogP contribution in [0.2, 0.25) is 0 Å². The Balaban J connectivity index is 2.23. The van der Waals surface area contributed by atoms with Gasteiger partial charge in [0.15, 0.2) is 0 Å². The van der Waals surface area contributed by atoms with Gasteiger partial charge in [0, 0.05) is 29.5 Å². The Kier molecular flexibility index (Phi) is 4.64. The van der Waals surface area contributed by atoms with Gasteiger partial charge in [-0.3, -0.25) is 19.6 Å². The first-order valence-electron chi connectivity index (χ1n) is 7.13. The number of rotatable bonds is 4. The fourth-order valence-corrected chi connectivity index (χ4v) is 2.09. The number of non-ortho nitro benzene ring substituents is 1. The van der Waals surface area contributed by atoms with E-state index in [-0.39, 0.29) is 17.8 Å². The van der Waals surface area contributed by atoms with Gasteiger partial charge in [-0.25, -0.2) is 0 Å². The third kappa shape index (κ3) is 4.16. The van der Waals surface area contributed by atoms with Crippen molar-refractivity contribution in [3.05, 3.63) is 46.3 Å². The average Bonchev–Trinajstić information content (AvgIpc) is 2.92. The Morgan fingerprint density at radius 2 is 2.17 bits per heavy atom. The molecule has 0 saturated heterocycles. The number of nitriles is 1. The third-order valence-electron chi connectivity index (χ3n) is 2.99. The summed E-state index contributed by atoms with van der Waals surface area (Å²) in [6, 6.07) is 5.96. The number of nitrogens with zero attached hydrogens (tertiary/aromatic N) is 4. The standard InChI is InChI=1S/C16H16N4O4/c1-16(2,3)24-15(21)10-19-9-12(8-18-19)14-5-4-13(20(22)23)6-11(14)7-17/h4-6,8-9H,10H2,1-3H3. The normalized spacial score (nSPS) is 10.9. The zero-order valence-corrected chi connectivity index (χ0v) is 13.5. The summed E-state index contributed by atoms with van der Waals surface area (Å²) in [5.41, 5.74) is 0.528. The summed E-state index contributed by atoms with van der Waals surface area (Å²) < 4.78 is 6.61. The molecule has 0 aliphatic heterocycles. The van der Waals surface area contributed by atoms with E-state index < -0.39 is 16.5 Å². The second kappa shape index (κ2) is 6.50. The highest BCUT2D eigenvalue weighted by atomic mass is 16.6. The van der Waals surface area contributed by atoms with Gasteiger partial charge in [-0.05, 0) is 26.8 Å². The number of hydrogen-bond donors (Lipinski definition) is 0. The first-order chi connectivity index (χ1) is 11.2. The topological polar surface area (TPSA) is 111 Å². The minimum absolute atomic E-state index is 0.0634. The highest BCUT2D eigenvalue weighted by Crippen LogP contribution is 2.26. The minimum atomic E-state index is -0.584. The number of esters is 1. The van der Waals surface area contributed by atoms with Crippen LogP contribution in [-0.4, -0.2) is 26.3 Å². The predicted molar refractivity (Wildman–Crippen MR) is 84.9 cm³/mol. The van der Waals surface area contributed by atoms with E-state index in [0.717, 1.165) is 0 Å². The molecule has 1 aromatic heterocycles. The SMILES string of the molecule is CC(C)(C)OC(=O)Cn1cc(-c2ccc([N+](=O)[O-])cc2C#N)cn1. The Hall–Kier alpha value is -3.21. The van der Waals surface area contributed by atoms with Gasteiger partial charge in [-0.15, -0.1) is 0 Å². The maximum Gasteiger partial charge on any atom is 0.328 e. The largest absolute Gasteiger partial charge is 0.459 e. The molecule has 0 atom stereocenters. The summed E-state index contributed by atoms with van der Waals surface area (Å²) >= 11 is 0. The van der Waals surface area contributed by atoms with E-state index in [1.165, 1.54) is 29.1 Å². The van der Waals surface area contributed by atoms with Crippen LogP contribution in [0.5, 0.6) is 0 Å². The lowest BCUT2D eigenvalue weighted by molar-refractivity contribution is -0.384. The molecule has 0 radical (unpaired) electrons. The van der Waals surface area contributed by atoms with E-state index in [1.807, 2.05) is 6.07 Å². The second-order valence-corrected chi connectivity index (χ2v) is 6.11. The van der Waals surface area contributed by atoms with Crippen molar-refractivity contribution in [2.45, 2.75) is 32.9 Å². The van der Waals surface area contributed by atoms with Crippen LogP contribution in [0.3, 0.4) is 0 Å². The molecule has 8 heteroatoms. The number of ether oxygens (including phenoxy) is 1. The molecule has 8 nitrogen and oxygen atoms in total. The van der Waals surface area contributed by atoms with Crippen LogP contribution >= 0.6 is 0 Å². The molecule has 0 N–H and O–H groups in total. The van der Waals surface area contributed by atoms with Gasteiger partial charge in [-0.2, -0.15) is 10.4 Å². The summed E-state index contributed by atoms with van der Waals surface area (Å²) in [6.45, 7) is 5.26. The Bertz CT molecular complexity index is 827. The number of nitro groups is 1. The molecule has 0 aliphatic rings. The van der Waals surface area contributed by atoms with Gasteiger partial charge in [-0.1, -0.05) is 0 Å². The first kappa shape index (κ1) is 17.1. The van der Waals surface area contributed by atoms with Crippen molar-refractivity contribution < 1.29 is 14.5 Å². The lowest BCUT2D eigenvalue weighted by Crippen LogP contribution is -2.26. The van der Waals surface area contributed by atoms with Crippen molar-refractivity contribution in [2.75, 3.05) is 0 Å². The summed E-state index contributed by atoms with van der Waals surface area (Å²) in [5, 5.41) is 24.0. The van der Waals surface area contributed by atoms with Gasteiger partial charge in [0.1, 0.15) is 18.2 Å². The van der Waals surface area contributed by atoms with E-state index >= 15 is 0 Å². The molecular formula is C16H16N4O4. The van der Waals surface area contributed by atoms with Crippen LogP contribution in [0.15, 0.2) is 30.6 Å². The van der Waals surface area contributed by atoms with Crippen molar-refractivity contribution in [1.29, 1.82) is 5.26 Å². The van der Waals surface area contributed by atoms with E-state index in [1.54, 1.807) is 27.0 Å². The first-order valence-corrected chi connectivity index (χ1v) is 7.13. The van der Waals surface area contributed by atoms with Gasteiger partial charge in [0.05, 0.1) is 16.7 Å². The average molecular weight is 328 g/mol. The fourth-order valence-electron chi connectivity index (χ4n) is 2.09. The van der Waals surface area contributed by atoms with Crippen molar-refractivity contribution in [3.8, 4) is 17.2 Å². The van der Waals surface area contributed by atoms with Gasteiger partial charge in [0.2, 0.25) is 0 Å². The minimum Gasteiger partial charge on any atom is -0.459 e. The number of aromatic nitrogens is 2. The Morgan fingerprint density at radius 3 is 2.75 bits per heavy atom. The number of carbonyl (C=O) groups is 1. The highest BCUT2D eigenvalue weighted by Gasteiger charge is 2.18. The molecule has 0 fully saturated rings. The molecule has 24 heavy (non-hydrogen) atoms. The molecule has 0 aliphatic carbocycles. The van der Waals surface area contributed by atoms with Crippen LogP contribution in [-0.2, 0) is 16.1 Å². The smallest absolute Gasteiger partial charge is 0.328 e. The van der Waals surface area contributed by atoms with Crippen molar-refractivity contribution in [2.24, 2.45) is 0 Å². The molecule has 0 spiro atoms. The summed E-state index contributed by atoms with van der Waals surface area (Å²) in [5.74, 6) is -0.429. The molecule has 124 valence electrons. The quantitative estimate of drug-likeness (QED) is 0.484. The Morgan fingerprint density at radius 1 is 1.46 bits per heavy atom. The summed E-state index contributed by atoms with van der Waals surface area (Å²) in [6.07, 6.45) is 3.08. The monoisotopic (exact) mass is 328 g/mol. The zero-order valence-electron chi connectivity index (χ0n) is 13.5. The van der Waals surface area contributed by atoms with E-state index in [4.69, 9.17) is 4.74 Å². The molecule has 1 heterocycles. The lowest BCUT2D eigenvalue weighted by Gasteiger charge is -2.19. The zero-order chi connectivity index (χ0) is 17.9. The van der Waals surface area contributed by atoms with Crippen LogP contribution in [0.1, 0.15) is 26.3 Å². The second-order valence-electron chi connectivity index (χ2n) is 6.11. The maximum atomic E-state index is 11.8. The van der Waals surface area contributed by atoms with Crippen LogP contribution in [0.25, 0.3) is 11.1 Å².